The summed E-state index contributed by atoms with van der Waals surface area (Å²) in [4.78, 5) is 19.7. The van der Waals surface area contributed by atoms with Crippen LogP contribution >= 0.6 is 23.4 Å². The minimum Gasteiger partial charge on any atom is -0.320 e. The van der Waals surface area contributed by atoms with Crippen molar-refractivity contribution in [3.8, 4) is 0 Å². The Morgan fingerprint density at radius 2 is 2.05 bits per heavy atom. The zero-order chi connectivity index (χ0) is 14.5. The monoisotopic (exact) mass is 315 g/mol. The van der Waals surface area contributed by atoms with Crippen LogP contribution < -0.4 is 5.32 Å². The molecule has 1 aromatic carbocycles. The fourth-order valence-electron chi connectivity index (χ4n) is 1.41. The van der Waals surface area contributed by atoms with E-state index >= 15 is 0 Å². The van der Waals surface area contributed by atoms with E-state index in [0.717, 1.165) is 0 Å². The van der Waals surface area contributed by atoms with Crippen molar-refractivity contribution in [1.82, 2.24) is 9.97 Å². The average Bonchev–Trinajstić information content (AvgIpc) is 2.40. The maximum Gasteiger partial charge on any atom is 0.288 e. The van der Waals surface area contributed by atoms with Crippen molar-refractivity contribution >= 4 is 35.0 Å². The van der Waals surface area contributed by atoms with Gasteiger partial charge >= 0.3 is 0 Å². The minimum absolute atomic E-state index is 0.00866. The topological polar surface area (TPSA) is 54.9 Å². The van der Waals surface area contributed by atoms with Crippen molar-refractivity contribution in [2.75, 3.05) is 5.32 Å². The Morgan fingerprint density at radius 1 is 1.30 bits per heavy atom. The Kier molecular flexibility index (Phi) is 4.86. The van der Waals surface area contributed by atoms with Gasteiger partial charge in [0, 0.05) is 4.90 Å². The summed E-state index contributed by atoms with van der Waals surface area (Å²) in [5, 5.41) is 2.58. The Hall–Kier alpha value is -1.73. The SMILES string of the molecule is O=C(Nc1ccccc1SC(F)F)c1cncc(Cl)n1. The van der Waals surface area contributed by atoms with Crippen molar-refractivity contribution in [1.29, 1.82) is 0 Å². The third-order valence-corrected chi connectivity index (χ3v) is 3.16. The summed E-state index contributed by atoms with van der Waals surface area (Å²) in [6.07, 6.45) is 2.53. The van der Waals surface area contributed by atoms with Crippen LogP contribution in [0, 0.1) is 0 Å². The number of carbonyl (C=O) groups is 1. The quantitative estimate of drug-likeness (QED) is 0.874. The molecule has 0 atom stereocenters. The first-order valence-electron chi connectivity index (χ1n) is 5.39. The molecule has 1 amide bonds. The first-order chi connectivity index (χ1) is 9.56. The molecule has 0 radical (unpaired) electrons. The number of hydrogen-bond acceptors (Lipinski definition) is 4. The lowest BCUT2D eigenvalue weighted by atomic mass is 10.3. The van der Waals surface area contributed by atoms with Gasteiger partial charge in [0.05, 0.1) is 18.1 Å². The highest BCUT2D eigenvalue weighted by Crippen LogP contribution is 2.31. The van der Waals surface area contributed by atoms with E-state index in [1.54, 1.807) is 12.1 Å². The third-order valence-electron chi connectivity index (χ3n) is 2.19. The van der Waals surface area contributed by atoms with Gasteiger partial charge in [-0.15, -0.1) is 0 Å². The van der Waals surface area contributed by atoms with Crippen LogP contribution in [0.2, 0.25) is 5.15 Å². The summed E-state index contributed by atoms with van der Waals surface area (Å²) >= 11 is 5.99. The van der Waals surface area contributed by atoms with Crippen LogP contribution in [-0.4, -0.2) is 21.6 Å². The van der Waals surface area contributed by atoms with E-state index in [-0.39, 0.29) is 21.4 Å². The zero-order valence-corrected chi connectivity index (χ0v) is 11.5. The van der Waals surface area contributed by atoms with E-state index < -0.39 is 11.7 Å². The summed E-state index contributed by atoms with van der Waals surface area (Å²) in [7, 11) is 0. The number of rotatable bonds is 4. The Morgan fingerprint density at radius 3 is 2.75 bits per heavy atom. The molecule has 2 aromatic rings. The van der Waals surface area contributed by atoms with Crippen LogP contribution in [0.4, 0.5) is 14.5 Å². The van der Waals surface area contributed by atoms with Crippen LogP contribution in [0.3, 0.4) is 0 Å². The highest BCUT2D eigenvalue weighted by atomic mass is 35.5. The van der Waals surface area contributed by atoms with Gasteiger partial charge in [-0.2, -0.15) is 8.78 Å². The van der Waals surface area contributed by atoms with Gasteiger partial charge in [-0.1, -0.05) is 35.5 Å². The van der Waals surface area contributed by atoms with Crippen molar-refractivity contribution in [3.05, 3.63) is 47.5 Å². The van der Waals surface area contributed by atoms with Gasteiger partial charge in [0.15, 0.2) is 0 Å². The predicted octanol–water partition coefficient (Wildman–Crippen LogP) is 3.70. The molecule has 1 heterocycles. The lowest BCUT2D eigenvalue weighted by molar-refractivity contribution is 0.102. The minimum atomic E-state index is -2.57. The van der Waals surface area contributed by atoms with Crippen LogP contribution in [-0.2, 0) is 0 Å². The van der Waals surface area contributed by atoms with E-state index in [1.165, 1.54) is 24.5 Å². The molecule has 0 unspecified atom stereocenters. The second-order valence-electron chi connectivity index (χ2n) is 3.56. The number of aromatic nitrogens is 2. The fraction of sp³-hybridized carbons (Fsp3) is 0.0833. The van der Waals surface area contributed by atoms with Gasteiger partial charge in [0.2, 0.25) is 0 Å². The van der Waals surface area contributed by atoms with E-state index in [2.05, 4.69) is 15.3 Å². The first kappa shape index (κ1) is 14.7. The molecule has 1 aromatic heterocycles. The molecule has 0 aliphatic rings. The molecule has 4 nitrogen and oxygen atoms in total. The number of alkyl halides is 2. The Balaban J connectivity index is 2.19. The van der Waals surface area contributed by atoms with Crippen molar-refractivity contribution in [2.24, 2.45) is 0 Å². The summed E-state index contributed by atoms with van der Waals surface area (Å²) in [5.74, 6) is -3.14. The maximum atomic E-state index is 12.4. The second-order valence-corrected chi connectivity index (χ2v) is 4.97. The van der Waals surface area contributed by atoms with E-state index in [1.807, 2.05) is 0 Å². The normalized spacial score (nSPS) is 10.6. The van der Waals surface area contributed by atoms with Crippen LogP contribution in [0.25, 0.3) is 0 Å². The molecule has 0 saturated heterocycles. The van der Waals surface area contributed by atoms with Gasteiger partial charge in [-0.25, -0.2) is 4.98 Å². The Labute approximate surface area is 122 Å². The maximum absolute atomic E-state index is 12.4. The third kappa shape index (κ3) is 3.88. The van der Waals surface area contributed by atoms with Crippen LogP contribution in [0.15, 0.2) is 41.6 Å². The summed E-state index contributed by atoms with van der Waals surface area (Å²) in [5.41, 5.74) is 0.291. The zero-order valence-electron chi connectivity index (χ0n) is 9.89. The number of anilines is 1. The van der Waals surface area contributed by atoms with Gasteiger partial charge in [-0.3, -0.25) is 9.78 Å². The van der Waals surface area contributed by atoms with E-state index in [0.29, 0.717) is 11.8 Å². The van der Waals surface area contributed by atoms with Crippen molar-refractivity contribution < 1.29 is 13.6 Å². The summed E-state index contributed by atoms with van der Waals surface area (Å²) in [6, 6.07) is 6.27. The molecule has 1 N–H and O–H groups in total. The number of carbonyl (C=O) groups excluding carboxylic acids is 1. The fourth-order valence-corrected chi connectivity index (χ4v) is 2.15. The smallest absolute Gasteiger partial charge is 0.288 e. The van der Waals surface area contributed by atoms with Gasteiger partial charge in [0.1, 0.15) is 10.8 Å². The molecule has 0 spiro atoms. The van der Waals surface area contributed by atoms with Crippen molar-refractivity contribution in [2.45, 2.75) is 10.7 Å². The standard InChI is InChI=1S/C12H8ClF2N3OS/c13-10-6-16-5-8(17-10)11(19)18-7-3-1-2-4-9(7)20-12(14)15/h1-6,12H,(H,18,19). The van der Waals surface area contributed by atoms with Crippen molar-refractivity contribution in [3.63, 3.8) is 0 Å². The van der Waals surface area contributed by atoms with E-state index in [9.17, 15) is 13.6 Å². The highest BCUT2D eigenvalue weighted by Gasteiger charge is 2.14. The largest absolute Gasteiger partial charge is 0.320 e. The number of amides is 1. The molecule has 0 aliphatic heterocycles. The summed E-state index contributed by atoms with van der Waals surface area (Å²) in [6.45, 7) is 0. The summed E-state index contributed by atoms with van der Waals surface area (Å²) < 4.78 is 24.8. The average molecular weight is 316 g/mol. The molecule has 20 heavy (non-hydrogen) atoms. The van der Waals surface area contributed by atoms with Crippen LogP contribution in [0.1, 0.15) is 10.5 Å². The number of hydrogen-bond donors (Lipinski definition) is 1. The van der Waals surface area contributed by atoms with E-state index in [4.69, 9.17) is 11.6 Å². The molecule has 0 saturated carbocycles. The number of benzene rings is 1. The number of thioether (sulfide) groups is 1. The molecule has 2 rings (SSSR count). The molecule has 8 heteroatoms. The lowest BCUT2D eigenvalue weighted by Crippen LogP contribution is -2.14. The van der Waals surface area contributed by atoms with Gasteiger partial charge in [0.25, 0.3) is 11.7 Å². The molecule has 0 fully saturated rings. The number of halogens is 3. The molecule has 0 bridgehead atoms. The number of nitrogens with one attached hydrogen (secondary N) is 1. The number of para-hydroxylation sites is 1. The highest BCUT2D eigenvalue weighted by molar-refractivity contribution is 7.99. The molecular formula is C12H8ClF2N3OS. The number of nitrogens with zero attached hydrogens (tertiary/aromatic N) is 2. The van der Waals surface area contributed by atoms with Gasteiger partial charge < -0.3 is 5.32 Å². The molecular weight excluding hydrogens is 308 g/mol. The first-order valence-corrected chi connectivity index (χ1v) is 6.65. The lowest BCUT2D eigenvalue weighted by Gasteiger charge is -2.09. The molecule has 104 valence electrons. The van der Waals surface area contributed by atoms with Crippen LogP contribution in [0.5, 0.6) is 0 Å². The van der Waals surface area contributed by atoms with Gasteiger partial charge in [-0.05, 0) is 12.1 Å². The molecule has 0 aliphatic carbocycles. The predicted molar refractivity (Wildman–Crippen MR) is 73.3 cm³/mol. The Bertz CT molecular complexity index is 627. The second kappa shape index (κ2) is 6.62.